The van der Waals surface area contributed by atoms with Crippen LogP contribution < -0.4 is 10.5 Å². The van der Waals surface area contributed by atoms with Gasteiger partial charge in [-0.25, -0.2) is 13.1 Å². The molecule has 7 nitrogen and oxygen atoms in total. The van der Waals surface area contributed by atoms with Crippen molar-refractivity contribution < 1.29 is 8.42 Å². The number of nitrogens with one attached hydrogen (secondary N) is 1. The van der Waals surface area contributed by atoms with E-state index >= 15 is 0 Å². The first kappa shape index (κ1) is 14.5. The standard InChI is InChI=1S/C12H17N5O2S/c1-8-4-5-10(6-11(8)13)20(18,19)16-9(2)12-15-14-7-17(12)3/h4-7,9,16H,13H2,1-3H3. The van der Waals surface area contributed by atoms with Gasteiger partial charge in [0.05, 0.1) is 10.9 Å². The summed E-state index contributed by atoms with van der Waals surface area (Å²) in [5, 5.41) is 7.62. The third kappa shape index (κ3) is 2.81. The number of rotatable bonds is 4. The second kappa shape index (κ2) is 5.22. The fraction of sp³-hybridized carbons (Fsp3) is 0.333. The molecule has 0 radical (unpaired) electrons. The van der Waals surface area contributed by atoms with Crippen LogP contribution in [0, 0.1) is 6.92 Å². The molecule has 0 saturated heterocycles. The van der Waals surface area contributed by atoms with E-state index < -0.39 is 16.1 Å². The minimum atomic E-state index is -3.65. The zero-order valence-corrected chi connectivity index (χ0v) is 12.3. The maximum absolute atomic E-state index is 12.3. The molecule has 1 aromatic heterocycles. The van der Waals surface area contributed by atoms with Crippen LogP contribution in [0.5, 0.6) is 0 Å². The SMILES string of the molecule is Cc1ccc(S(=O)(=O)NC(C)c2nncn2C)cc1N. The van der Waals surface area contributed by atoms with Crippen LogP contribution in [-0.4, -0.2) is 23.2 Å². The molecule has 0 spiro atoms. The predicted molar refractivity (Wildman–Crippen MR) is 75.3 cm³/mol. The molecule has 20 heavy (non-hydrogen) atoms. The van der Waals surface area contributed by atoms with Crippen molar-refractivity contribution in [2.45, 2.75) is 24.8 Å². The highest BCUT2D eigenvalue weighted by Gasteiger charge is 2.21. The Morgan fingerprint density at radius 1 is 1.40 bits per heavy atom. The molecule has 1 heterocycles. The molecule has 0 bridgehead atoms. The highest BCUT2D eigenvalue weighted by molar-refractivity contribution is 7.89. The Bertz CT molecular complexity index is 723. The third-order valence-electron chi connectivity index (χ3n) is 3.03. The van der Waals surface area contributed by atoms with Crippen molar-refractivity contribution in [3.8, 4) is 0 Å². The van der Waals surface area contributed by atoms with E-state index in [0.29, 0.717) is 11.5 Å². The summed E-state index contributed by atoms with van der Waals surface area (Å²) in [6.45, 7) is 3.53. The Morgan fingerprint density at radius 3 is 2.65 bits per heavy atom. The molecule has 0 saturated carbocycles. The predicted octanol–water partition coefficient (Wildman–Crippen LogP) is 0.745. The van der Waals surface area contributed by atoms with Crippen molar-refractivity contribution >= 4 is 15.7 Å². The Kier molecular flexibility index (Phi) is 3.78. The first-order valence-electron chi connectivity index (χ1n) is 6.03. The second-order valence-corrected chi connectivity index (χ2v) is 6.38. The van der Waals surface area contributed by atoms with E-state index in [-0.39, 0.29) is 4.90 Å². The van der Waals surface area contributed by atoms with Crippen LogP contribution >= 0.6 is 0 Å². The van der Waals surface area contributed by atoms with Crippen LogP contribution in [-0.2, 0) is 17.1 Å². The molecule has 108 valence electrons. The molecule has 1 unspecified atom stereocenters. The van der Waals surface area contributed by atoms with Crippen molar-refractivity contribution in [2.75, 3.05) is 5.73 Å². The summed E-state index contributed by atoms with van der Waals surface area (Å²) in [5.41, 5.74) is 7.03. The minimum absolute atomic E-state index is 0.134. The van der Waals surface area contributed by atoms with Gasteiger partial charge in [0.1, 0.15) is 12.2 Å². The first-order chi connectivity index (χ1) is 9.31. The molecule has 1 aromatic carbocycles. The van der Waals surface area contributed by atoms with Gasteiger partial charge in [0.2, 0.25) is 10.0 Å². The van der Waals surface area contributed by atoms with Crippen molar-refractivity contribution in [3.63, 3.8) is 0 Å². The van der Waals surface area contributed by atoms with Crippen LogP contribution in [0.25, 0.3) is 0 Å². The first-order valence-corrected chi connectivity index (χ1v) is 7.52. The fourth-order valence-electron chi connectivity index (χ4n) is 1.82. The zero-order chi connectivity index (χ0) is 14.9. The monoisotopic (exact) mass is 295 g/mol. The molecular weight excluding hydrogens is 278 g/mol. The third-order valence-corrected chi connectivity index (χ3v) is 4.57. The molecule has 0 amide bonds. The number of nitrogen functional groups attached to an aromatic ring is 1. The second-order valence-electron chi connectivity index (χ2n) is 4.66. The van der Waals surface area contributed by atoms with E-state index in [1.54, 1.807) is 24.6 Å². The number of hydrogen-bond acceptors (Lipinski definition) is 5. The summed E-state index contributed by atoms with van der Waals surface area (Å²) in [6.07, 6.45) is 1.52. The average molecular weight is 295 g/mol. The van der Waals surface area contributed by atoms with Crippen molar-refractivity contribution in [1.29, 1.82) is 0 Å². The number of sulfonamides is 1. The smallest absolute Gasteiger partial charge is 0.241 e. The zero-order valence-electron chi connectivity index (χ0n) is 11.5. The van der Waals surface area contributed by atoms with E-state index in [1.807, 2.05) is 6.92 Å². The topological polar surface area (TPSA) is 103 Å². The van der Waals surface area contributed by atoms with E-state index in [0.717, 1.165) is 5.56 Å². The summed E-state index contributed by atoms with van der Waals surface area (Å²) in [6, 6.07) is 4.16. The summed E-state index contributed by atoms with van der Waals surface area (Å²) in [7, 11) is -1.90. The average Bonchev–Trinajstić information content (AvgIpc) is 2.78. The number of nitrogens with zero attached hydrogens (tertiary/aromatic N) is 3. The molecule has 1 atom stereocenters. The maximum Gasteiger partial charge on any atom is 0.241 e. The molecule has 8 heteroatoms. The van der Waals surface area contributed by atoms with Crippen LogP contribution in [0.3, 0.4) is 0 Å². The summed E-state index contributed by atoms with van der Waals surface area (Å²) in [4.78, 5) is 0.134. The number of benzene rings is 1. The Balaban J connectivity index is 2.27. The van der Waals surface area contributed by atoms with E-state index in [9.17, 15) is 8.42 Å². The van der Waals surface area contributed by atoms with Gasteiger partial charge in [0.25, 0.3) is 0 Å². The number of aryl methyl sites for hydroxylation is 2. The lowest BCUT2D eigenvalue weighted by Crippen LogP contribution is -2.28. The molecule has 0 fully saturated rings. The highest BCUT2D eigenvalue weighted by atomic mass is 32.2. The van der Waals surface area contributed by atoms with Crippen LogP contribution in [0.1, 0.15) is 24.4 Å². The van der Waals surface area contributed by atoms with E-state index in [4.69, 9.17) is 5.73 Å². The number of aromatic nitrogens is 3. The Morgan fingerprint density at radius 2 is 2.10 bits per heavy atom. The van der Waals surface area contributed by atoms with Crippen molar-refractivity contribution in [2.24, 2.45) is 7.05 Å². The minimum Gasteiger partial charge on any atom is -0.398 e. The van der Waals surface area contributed by atoms with Gasteiger partial charge in [-0.05, 0) is 31.5 Å². The lowest BCUT2D eigenvalue weighted by Gasteiger charge is -2.14. The molecule has 2 aromatic rings. The molecule has 3 N–H and O–H groups in total. The lowest BCUT2D eigenvalue weighted by molar-refractivity contribution is 0.553. The number of hydrogen-bond donors (Lipinski definition) is 2. The molecule has 0 aliphatic heterocycles. The quantitative estimate of drug-likeness (QED) is 0.810. The summed E-state index contributed by atoms with van der Waals surface area (Å²) in [5.74, 6) is 0.536. The Hall–Kier alpha value is -1.93. The van der Waals surface area contributed by atoms with Gasteiger partial charge in [0, 0.05) is 12.7 Å². The Labute approximate surface area is 117 Å². The largest absolute Gasteiger partial charge is 0.398 e. The van der Waals surface area contributed by atoms with Gasteiger partial charge in [-0.3, -0.25) is 0 Å². The summed E-state index contributed by atoms with van der Waals surface area (Å²) < 4.78 is 28.8. The van der Waals surface area contributed by atoms with Gasteiger partial charge in [-0.1, -0.05) is 6.07 Å². The van der Waals surface area contributed by atoms with Gasteiger partial charge in [-0.15, -0.1) is 10.2 Å². The highest BCUT2D eigenvalue weighted by Crippen LogP contribution is 2.19. The van der Waals surface area contributed by atoms with E-state index in [1.165, 1.54) is 18.5 Å². The number of anilines is 1. The van der Waals surface area contributed by atoms with Crippen LogP contribution in [0.4, 0.5) is 5.69 Å². The normalized spacial score (nSPS) is 13.3. The molecule has 2 rings (SSSR count). The van der Waals surface area contributed by atoms with Crippen LogP contribution in [0.15, 0.2) is 29.4 Å². The van der Waals surface area contributed by atoms with E-state index in [2.05, 4.69) is 14.9 Å². The molecule has 0 aliphatic carbocycles. The van der Waals surface area contributed by atoms with Gasteiger partial charge in [0.15, 0.2) is 0 Å². The number of nitrogens with two attached hydrogens (primary N) is 1. The van der Waals surface area contributed by atoms with Gasteiger partial charge < -0.3 is 10.3 Å². The maximum atomic E-state index is 12.3. The van der Waals surface area contributed by atoms with Gasteiger partial charge in [-0.2, -0.15) is 0 Å². The fourth-order valence-corrected chi connectivity index (χ4v) is 3.06. The lowest BCUT2D eigenvalue weighted by atomic mass is 10.2. The van der Waals surface area contributed by atoms with Crippen molar-refractivity contribution in [1.82, 2.24) is 19.5 Å². The molecule has 0 aliphatic rings. The van der Waals surface area contributed by atoms with Crippen LogP contribution in [0.2, 0.25) is 0 Å². The summed E-state index contributed by atoms with van der Waals surface area (Å²) >= 11 is 0. The van der Waals surface area contributed by atoms with Gasteiger partial charge >= 0.3 is 0 Å². The van der Waals surface area contributed by atoms with Crippen molar-refractivity contribution in [3.05, 3.63) is 35.9 Å². The molecular formula is C12H17N5O2S.